The standard InChI is InChI=1S/C12H17FN2/c13-10-4-5-12(11(14)8-10)15-7-6-9-2-1-3-9/h4-5,8-9,15H,1-3,6-7,14H2. The van der Waals surface area contributed by atoms with Crippen molar-refractivity contribution in [1.82, 2.24) is 0 Å². The fourth-order valence-corrected chi connectivity index (χ4v) is 1.89. The fourth-order valence-electron chi connectivity index (χ4n) is 1.89. The van der Waals surface area contributed by atoms with E-state index in [1.54, 1.807) is 6.07 Å². The maximum absolute atomic E-state index is 12.8. The Hall–Kier alpha value is -1.25. The lowest BCUT2D eigenvalue weighted by Gasteiger charge is -2.25. The van der Waals surface area contributed by atoms with Gasteiger partial charge in [0.1, 0.15) is 5.82 Å². The van der Waals surface area contributed by atoms with Crippen LogP contribution in [0.4, 0.5) is 15.8 Å². The lowest BCUT2D eigenvalue weighted by molar-refractivity contribution is 0.303. The summed E-state index contributed by atoms with van der Waals surface area (Å²) in [6.07, 6.45) is 5.29. The highest BCUT2D eigenvalue weighted by atomic mass is 19.1. The molecule has 3 heteroatoms. The third-order valence-electron chi connectivity index (χ3n) is 3.11. The first-order valence-corrected chi connectivity index (χ1v) is 5.54. The van der Waals surface area contributed by atoms with E-state index in [0.29, 0.717) is 5.69 Å². The van der Waals surface area contributed by atoms with Crippen molar-refractivity contribution in [3.8, 4) is 0 Å². The van der Waals surface area contributed by atoms with Gasteiger partial charge in [-0.1, -0.05) is 19.3 Å². The van der Waals surface area contributed by atoms with E-state index in [2.05, 4.69) is 5.32 Å². The highest BCUT2D eigenvalue weighted by Gasteiger charge is 2.16. The van der Waals surface area contributed by atoms with Crippen LogP contribution in [0.5, 0.6) is 0 Å². The van der Waals surface area contributed by atoms with Gasteiger partial charge in [0.05, 0.1) is 11.4 Å². The number of hydrogen-bond donors (Lipinski definition) is 2. The Bertz CT molecular complexity index is 334. The second kappa shape index (κ2) is 4.51. The lowest BCUT2D eigenvalue weighted by atomic mass is 9.83. The average Bonchev–Trinajstić information content (AvgIpc) is 2.12. The summed E-state index contributed by atoms with van der Waals surface area (Å²) < 4.78 is 12.8. The molecule has 3 N–H and O–H groups in total. The molecule has 0 amide bonds. The number of halogens is 1. The summed E-state index contributed by atoms with van der Waals surface area (Å²) in [4.78, 5) is 0. The molecule has 1 aliphatic rings. The summed E-state index contributed by atoms with van der Waals surface area (Å²) in [6.45, 7) is 0.931. The molecule has 0 bridgehead atoms. The molecule has 1 aromatic rings. The first-order valence-electron chi connectivity index (χ1n) is 5.54. The molecule has 2 rings (SSSR count). The zero-order valence-electron chi connectivity index (χ0n) is 8.80. The zero-order valence-corrected chi connectivity index (χ0v) is 8.80. The molecule has 1 aliphatic carbocycles. The van der Waals surface area contributed by atoms with Crippen LogP contribution in [-0.2, 0) is 0 Å². The fraction of sp³-hybridized carbons (Fsp3) is 0.500. The lowest BCUT2D eigenvalue weighted by Crippen LogP contribution is -2.16. The van der Waals surface area contributed by atoms with Crippen molar-refractivity contribution in [3.05, 3.63) is 24.0 Å². The molecule has 1 saturated carbocycles. The van der Waals surface area contributed by atoms with Crippen LogP contribution in [-0.4, -0.2) is 6.54 Å². The molecule has 0 atom stereocenters. The van der Waals surface area contributed by atoms with E-state index in [1.807, 2.05) is 0 Å². The van der Waals surface area contributed by atoms with Gasteiger partial charge in [-0.2, -0.15) is 0 Å². The van der Waals surface area contributed by atoms with Gasteiger partial charge in [-0.05, 0) is 30.5 Å². The van der Waals surface area contributed by atoms with Crippen molar-refractivity contribution in [2.24, 2.45) is 5.92 Å². The predicted octanol–water partition coefficient (Wildman–Crippen LogP) is 3.01. The number of nitrogens with two attached hydrogens (primary N) is 1. The van der Waals surface area contributed by atoms with E-state index in [4.69, 9.17) is 5.73 Å². The van der Waals surface area contributed by atoms with E-state index < -0.39 is 0 Å². The second-order valence-electron chi connectivity index (χ2n) is 4.24. The molecule has 0 aromatic heterocycles. The predicted molar refractivity (Wildman–Crippen MR) is 61.3 cm³/mol. The Morgan fingerprint density at radius 2 is 2.20 bits per heavy atom. The largest absolute Gasteiger partial charge is 0.397 e. The Kier molecular flexibility index (Phi) is 3.09. The maximum Gasteiger partial charge on any atom is 0.125 e. The molecule has 0 heterocycles. The van der Waals surface area contributed by atoms with Crippen molar-refractivity contribution in [3.63, 3.8) is 0 Å². The van der Waals surface area contributed by atoms with E-state index in [1.165, 1.54) is 37.8 Å². The molecule has 0 spiro atoms. The number of benzene rings is 1. The van der Waals surface area contributed by atoms with Crippen LogP contribution < -0.4 is 11.1 Å². The third kappa shape index (κ3) is 2.61. The van der Waals surface area contributed by atoms with Crippen LogP contribution in [0.1, 0.15) is 25.7 Å². The monoisotopic (exact) mass is 208 g/mol. The van der Waals surface area contributed by atoms with Crippen molar-refractivity contribution in [2.75, 3.05) is 17.6 Å². The number of nitrogens with one attached hydrogen (secondary N) is 1. The van der Waals surface area contributed by atoms with Gasteiger partial charge in [0, 0.05) is 6.54 Å². The topological polar surface area (TPSA) is 38.0 Å². The smallest absolute Gasteiger partial charge is 0.125 e. The van der Waals surface area contributed by atoms with Crippen molar-refractivity contribution in [2.45, 2.75) is 25.7 Å². The van der Waals surface area contributed by atoms with E-state index >= 15 is 0 Å². The van der Waals surface area contributed by atoms with Gasteiger partial charge in [0.15, 0.2) is 0 Å². The minimum Gasteiger partial charge on any atom is -0.397 e. The molecule has 0 saturated heterocycles. The number of rotatable bonds is 4. The number of hydrogen-bond acceptors (Lipinski definition) is 2. The summed E-state index contributed by atoms with van der Waals surface area (Å²) in [7, 11) is 0. The Labute approximate surface area is 89.7 Å². The zero-order chi connectivity index (χ0) is 10.7. The van der Waals surface area contributed by atoms with Gasteiger partial charge in [-0.3, -0.25) is 0 Å². The average molecular weight is 208 g/mol. The molecule has 0 radical (unpaired) electrons. The van der Waals surface area contributed by atoms with Gasteiger partial charge in [0.2, 0.25) is 0 Å². The highest BCUT2D eigenvalue weighted by Crippen LogP contribution is 2.29. The van der Waals surface area contributed by atoms with E-state index in [9.17, 15) is 4.39 Å². The normalized spacial score (nSPS) is 16.1. The summed E-state index contributed by atoms with van der Waals surface area (Å²) in [5, 5.41) is 3.25. The summed E-state index contributed by atoms with van der Waals surface area (Å²) in [5.74, 6) is 0.608. The highest BCUT2D eigenvalue weighted by molar-refractivity contribution is 5.65. The second-order valence-corrected chi connectivity index (χ2v) is 4.24. The van der Waals surface area contributed by atoms with Gasteiger partial charge < -0.3 is 11.1 Å². The van der Waals surface area contributed by atoms with Crippen LogP contribution >= 0.6 is 0 Å². The minimum atomic E-state index is -0.281. The quantitative estimate of drug-likeness (QED) is 0.746. The molecule has 0 unspecified atom stereocenters. The van der Waals surface area contributed by atoms with Gasteiger partial charge in [0.25, 0.3) is 0 Å². The SMILES string of the molecule is Nc1cc(F)ccc1NCCC1CCC1. The van der Waals surface area contributed by atoms with Crippen LogP contribution in [0.25, 0.3) is 0 Å². The van der Waals surface area contributed by atoms with Gasteiger partial charge >= 0.3 is 0 Å². The first kappa shape index (κ1) is 10.3. The molecule has 15 heavy (non-hydrogen) atoms. The Balaban J connectivity index is 1.81. The third-order valence-corrected chi connectivity index (χ3v) is 3.11. The Morgan fingerprint density at radius 1 is 1.40 bits per heavy atom. The summed E-state index contributed by atoms with van der Waals surface area (Å²) in [6, 6.07) is 4.49. The van der Waals surface area contributed by atoms with E-state index in [-0.39, 0.29) is 5.82 Å². The minimum absolute atomic E-state index is 0.281. The van der Waals surface area contributed by atoms with E-state index in [0.717, 1.165) is 18.2 Å². The summed E-state index contributed by atoms with van der Waals surface area (Å²) in [5.41, 5.74) is 7.01. The Morgan fingerprint density at radius 3 is 2.80 bits per heavy atom. The molecule has 1 aromatic carbocycles. The van der Waals surface area contributed by atoms with Gasteiger partial charge in [-0.15, -0.1) is 0 Å². The van der Waals surface area contributed by atoms with Crippen LogP contribution in [0.3, 0.4) is 0 Å². The molecule has 82 valence electrons. The molecular formula is C12H17FN2. The summed E-state index contributed by atoms with van der Waals surface area (Å²) >= 11 is 0. The molecule has 1 fully saturated rings. The van der Waals surface area contributed by atoms with Crippen LogP contribution in [0.2, 0.25) is 0 Å². The number of anilines is 2. The van der Waals surface area contributed by atoms with Crippen molar-refractivity contribution >= 4 is 11.4 Å². The van der Waals surface area contributed by atoms with Crippen molar-refractivity contribution < 1.29 is 4.39 Å². The first-order chi connectivity index (χ1) is 7.25. The van der Waals surface area contributed by atoms with Crippen LogP contribution in [0.15, 0.2) is 18.2 Å². The van der Waals surface area contributed by atoms with Crippen LogP contribution in [0, 0.1) is 11.7 Å². The number of nitrogen functional groups attached to an aromatic ring is 1. The molecular weight excluding hydrogens is 191 g/mol. The van der Waals surface area contributed by atoms with Gasteiger partial charge in [-0.25, -0.2) is 4.39 Å². The van der Waals surface area contributed by atoms with Crippen molar-refractivity contribution in [1.29, 1.82) is 0 Å². The maximum atomic E-state index is 12.8. The molecule has 0 aliphatic heterocycles. The molecule has 2 nitrogen and oxygen atoms in total.